The van der Waals surface area contributed by atoms with Crippen molar-refractivity contribution in [3.8, 4) is 0 Å². The summed E-state index contributed by atoms with van der Waals surface area (Å²) in [6.45, 7) is 0. The maximum absolute atomic E-state index is 11.2. The van der Waals surface area contributed by atoms with Gasteiger partial charge in [-0.25, -0.2) is 9.78 Å². The topological polar surface area (TPSA) is 62.2 Å². The summed E-state index contributed by atoms with van der Waals surface area (Å²) in [4.78, 5) is 15.3. The molecular weight excluding hydrogens is 288 g/mol. The van der Waals surface area contributed by atoms with Gasteiger partial charge in [0.05, 0.1) is 11.2 Å². The molecule has 21 heavy (non-hydrogen) atoms. The minimum Gasteiger partial charge on any atom is -0.477 e. The number of anilines is 2. The fourth-order valence-electron chi connectivity index (χ4n) is 2.08. The van der Waals surface area contributed by atoms with Crippen LogP contribution >= 0.6 is 11.6 Å². The lowest BCUT2D eigenvalue weighted by Gasteiger charge is -2.10. The molecule has 0 aliphatic heterocycles. The van der Waals surface area contributed by atoms with Crippen molar-refractivity contribution in [3.63, 3.8) is 0 Å². The van der Waals surface area contributed by atoms with Gasteiger partial charge in [0, 0.05) is 16.1 Å². The standard InChI is InChI=1S/C16H11ClN2O2/c17-10-5-7-11(8-6-10)18-14-9-15(16(20)21)19-13-4-2-1-3-12(13)14/h1-9H,(H,18,19)(H,20,21). The van der Waals surface area contributed by atoms with Crippen molar-refractivity contribution in [2.75, 3.05) is 5.32 Å². The maximum atomic E-state index is 11.2. The number of aromatic nitrogens is 1. The second-order valence-electron chi connectivity index (χ2n) is 4.51. The van der Waals surface area contributed by atoms with Gasteiger partial charge < -0.3 is 10.4 Å². The van der Waals surface area contributed by atoms with Gasteiger partial charge >= 0.3 is 5.97 Å². The fraction of sp³-hybridized carbons (Fsp3) is 0. The second kappa shape index (κ2) is 5.42. The van der Waals surface area contributed by atoms with Gasteiger partial charge in [0.2, 0.25) is 0 Å². The number of para-hydroxylation sites is 1. The highest BCUT2D eigenvalue weighted by molar-refractivity contribution is 6.30. The zero-order valence-corrected chi connectivity index (χ0v) is 11.6. The molecule has 0 amide bonds. The van der Waals surface area contributed by atoms with Gasteiger partial charge in [0.1, 0.15) is 0 Å². The van der Waals surface area contributed by atoms with Crippen molar-refractivity contribution in [1.82, 2.24) is 4.98 Å². The number of pyridine rings is 1. The minimum atomic E-state index is -1.06. The van der Waals surface area contributed by atoms with Crippen LogP contribution in [0.5, 0.6) is 0 Å². The predicted molar refractivity (Wildman–Crippen MR) is 83.4 cm³/mol. The van der Waals surface area contributed by atoms with E-state index in [-0.39, 0.29) is 5.69 Å². The van der Waals surface area contributed by atoms with Crippen molar-refractivity contribution >= 4 is 39.8 Å². The molecule has 0 saturated carbocycles. The highest BCUT2D eigenvalue weighted by Crippen LogP contribution is 2.27. The fourth-order valence-corrected chi connectivity index (χ4v) is 2.20. The van der Waals surface area contributed by atoms with Gasteiger partial charge in [-0.15, -0.1) is 0 Å². The highest BCUT2D eigenvalue weighted by Gasteiger charge is 2.10. The highest BCUT2D eigenvalue weighted by atomic mass is 35.5. The number of nitrogens with zero attached hydrogens (tertiary/aromatic N) is 1. The summed E-state index contributed by atoms with van der Waals surface area (Å²) in [7, 11) is 0. The Balaban J connectivity index is 2.11. The third kappa shape index (κ3) is 2.80. The lowest BCUT2D eigenvalue weighted by molar-refractivity contribution is 0.0691. The smallest absolute Gasteiger partial charge is 0.354 e. The molecule has 0 unspecified atom stereocenters. The average molecular weight is 299 g/mol. The summed E-state index contributed by atoms with van der Waals surface area (Å²) in [6.07, 6.45) is 0. The van der Waals surface area contributed by atoms with Crippen LogP contribution in [0.4, 0.5) is 11.4 Å². The van der Waals surface area contributed by atoms with E-state index in [1.165, 1.54) is 6.07 Å². The van der Waals surface area contributed by atoms with Crippen LogP contribution in [-0.2, 0) is 0 Å². The van der Waals surface area contributed by atoms with E-state index in [4.69, 9.17) is 16.7 Å². The molecule has 0 saturated heterocycles. The van der Waals surface area contributed by atoms with Crippen LogP contribution < -0.4 is 5.32 Å². The number of nitrogens with one attached hydrogen (secondary N) is 1. The number of carboxylic acid groups (broad SMARTS) is 1. The van der Waals surface area contributed by atoms with Crippen molar-refractivity contribution in [1.29, 1.82) is 0 Å². The molecule has 2 N–H and O–H groups in total. The number of carbonyl (C=O) groups is 1. The first-order chi connectivity index (χ1) is 10.1. The molecule has 3 rings (SSSR count). The zero-order chi connectivity index (χ0) is 14.8. The number of rotatable bonds is 3. The Kier molecular flexibility index (Phi) is 3.46. The van der Waals surface area contributed by atoms with Crippen LogP contribution in [0.15, 0.2) is 54.6 Å². The van der Waals surface area contributed by atoms with E-state index in [9.17, 15) is 4.79 Å². The Hall–Kier alpha value is -2.59. The predicted octanol–water partition coefficient (Wildman–Crippen LogP) is 4.33. The molecule has 104 valence electrons. The maximum Gasteiger partial charge on any atom is 0.354 e. The largest absolute Gasteiger partial charge is 0.477 e. The lowest BCUT2D eigenvalue weighted by Crippen LogP contribution is -2.02. The van der Waals surface area contributed by atoms with Crippen molar-refractivity contribution in [2.24, 2.45) is 0 Å². The number of carboxylic acids is 1. The van der Waals surface area contributed by atoms with Gasteiger partial charge in [-0.2, -0.15) is 0 Å². The molecule has 4 nitrogen and oxygen atoms in total. The Bertz CT molecular complexity index is 816. The molecule has 0 bridgehead atoms. The molecule has 0 atom stereocenters. The van der Waals surface area contributed by atoms with Crippen molar-refractivity contribution in [2.45, 2.75) is 0 Å². The zero-order valence-electron chi connectivity index (χ0n) is 10.9. The molecule has 2 aromatic carbocycles. The molecule has 1 aromatic heterocycles. The second-order valence-corrected chi connectivity index (χ2v) is 4.95. The molecule has 0 spiro atoms. The summed E-state index contributed by atoms with van der Waals surface area (Å²) >= 11 is 5.86. The van der Waals surface area contributed by atoms with Crippen LogP contribution in [0, 0.1) is 0 Å². The molecule has 0 aliphatic rings. The van der Waals surface area contributed by atoms with Gasteiger partial charge in [-0.3, -0.25) is 0 Å². The van der Waals surface area contributed by atoms with Gasteiger partial charge in [-0.1, -0.05) is 29.8 Å². The first kappa shape index (κ1) is 13.4. The summed E-state index contributed by atoms with van der Waals surface area (Å²) in [6, 6.07) is 16.1. The van der Waals surface area contributed by atoms with Gasteiger partial charge in [0.25, 0.3) is 0 Å². The van der Waals surface area contributed by atoms with Crippen LogP contribution in [0.2, 0.25) is 5.02 Å². The Labute approximate surface area is 126 Å². The van der Waals surface area contributed by atoms with E-state index in [1.807, 2.05) is 30.3 Å². The summed E-state index contributed by atoms with van der Waals surface area (Å²) in [5, 5.41) is 13.9. The number of hydrogen-bond acceptors (Lipinski definition) is 3. The third-order valence-electron chi connectivity index (χ3n) is 3.06. The molecule has 0 aliphatic carbocycles. The van der Waals surface area contributed by atoms with Gasteiger partial charge in [0.15, 0.2) is 5.69 Å². The molecule has 0 radical (unpaired) electrons. The third-order valence-corrected chi connectivity index (χ3v) is 3.31. The SMILES string of the molecule is O=C(O)c1cc(Nc2ccc(Cl)cc2)c2ccccc2n1. The summed E-state index contributed by atoms with van der Waals surface area (Å²) < 4.78 is 0. The number of aromatic carboxylic acids is 1. The number of benzene rings is 2. The lowest BCUT2D eigenvalue weighted by atomic mass is 10.1. The number of fused-ring (bicyclic) bond motifs is 1. The van der Waals surface area contributed by atoms with Crippen molar-refractivity contribution < 1.29 is 9.90 Å². The van der Waals surface area contributed by atoms with Crippen LogP contribution in [0.1, 0.15) is 10.5 Å². The van der Waals surface area contributed by atoms with E-state index in [2.05, 4.69) is 10.3 Å². The molecule has 5 heteroatoms. The quantitative estimate of drug-likeness (QED) is 0.755. The molecule has 1 heterocycles. The number of hydrogen-bond donors (Lipinski definition) is 2. The molecule has 0 fully saturated rings. The van der Waals surface area contributed by atoms with Crippen LogP contribution in [0.25, 0.3) is 10.9 Å². The van der Waals surface area contributed by atoms with E-state index in [0.717, 1.165) is 11.1 Å². The number of halogens is 1. The minimum absolute atomic E-state index is 0.00478. The van der Waals surface area contributed by atoms with Crippen LogP contribution in [-0.4, -0.2) is 16.1 Å². The first-order valence-corrected chi connectivity index (χ1v) is 6.67. The molecular formula is C16H11ClN2O2. The monoisotopic (exact) mass is 298 g/mol. The average Bonchev–Trinajstić information content (AvgIpc) is 2.49. The summed E-state index contributed by atoms with van der Waals surface area (Å²) in [5.41, 5.74) is 2.16. The normalized spacial score (nSPS) is 10.5. The van der Waals surface area contributed by atoms with E-state index in [0.29, 0.717) is 16.2 Å². The van der Waals surface area contributed by atoms with Gasteiger partial charge in [-0.05, 0) is 36.4 Å². The Morgan fingerprint density at radius 3 is 2.52 bits per heavy atom. The van der Waals surface area contributed by atoms with Crippen LogP contribution in [0.3, 0.4) is 0 Å². The Morgan fingerprint density at radius 2 is 1.81 bits per heavy atom. The van der Waals surface area contributed by atoms with E-state index in [1.54, 1.807) is 18.2 Å². The molecule has 3 aromatic rings. The van der Waals surface area contributed by atoms with E-state index < -0.39 is 5.97 Å². The summed E-state index contributed by atoms with van der Waals surface area (Å²) in [5.74, 6) is -1.06. The van der Waals surface area contributed by atoms with Crippen molar-refractivity contribution in [3.05, 3.63) is 65.3 Å². The first-order valence-electron chi connectivity index (χ1n) is 6.29. The Morgan fingerprint density at radius 1 is 1.10 bits per heavy atom. The van der Waals surface area contributed by atoms with E-state index >= 15 is 0 Å².